The van der Waals surface area contributed by atoms with Crippen LogP contribution < -0.4 is 0 Å². The number of oxazole rings is 2. The van der Waals surface area contributed by atoms with Crippen LogP contribution in [0.1, 0.15) is 0 Å². The Balaban J connectivity index is 1.28. The molecule has 0 aliphatic rings. The average Bonchev–Trinajstić information content (AvgIpc) is 3.85. The van der Waals surface area contributed by atoms with Crippen molar-refractivity contribution >= 4 is 75.5 Å². The van der Waals surface area contributed by atoms with E-state index in [1.165, 1.54) is 20.2 Å². The number of nitrogens with zero attached hydrogens (tertiary/aromatic N) is 3. The largest absolute Gasteiger partial charge is 0.436 e. The first kappa shape index (κ1) is 23.8. The molecule has 10 aromatic rings. The summed E-state index contributed by atoms with van der Waals surface area (Å²) in [5.74, 6) is 1.21. The van der Waals surface area contributed by atoms with E-state index in [1.807, 2.05) is 59.9 Å². The van der Waals surface area contributed by atoms with Crippen molar-refractivity contribution < 1.29 is 8.83 Å². The summed E-state index contributed by atoms with van der Waals surface area (Å²) in [5.41, 5.74) is 8.48. The number of thiophene rings is 1. The molecule has 5 nitrogen and oxygen atoms in total. The highest BCUT2D eigenvalue weighted by molar-refractivity contribution is 7.25. The molecule has 6 heteroatoms. The number of rotatable bonds is 3. The fraction of sp³-hybridized carbons (Fsp3) is 0. The van der Waals surface area contributed by atoms with Gasteiger partial charge in [-0.1, -0.05) is 48.5 Å². The van der Waals surface area contributed by atoms with E-state index in [1.54, 1.807) is 0 Å². The van der Waals surface area contributed by atoms with Crippen LogP contribution in [0, 0.1) is 0 Å². The quantitative estimate of drug-likeness (QED) is 0.208. The first-order valence-electron chi connectivity index (χ1n) is 14.5. The van der Waals surface area contributed by atoms with E-state index in [0.717, 1.165) is 60.8 Å². The molecule has 206 valence electrons. The molecule has 0 saturated heterocycles. The van der Waals surface area contributed by atoms with Crippen molar-refractivity contribution in [1.29, 1.82) is 0 Å². The number of fused-ring (bicyclic) bond motifs is 8. The zero-order chi connectivity index (χ0) is 28.8. The first-order valence-corrected chi connectivity index (χ1v) is 15.3. The topological polar surface area (TPSA) is 57.0 Å². The Labute approximate surface area is 254 Å². The number of hydrogen-bond donors (Lipinski definition) is 0. The predicted molar refractivity (Wildman–Crippen MR) is 180 cm³/mol. The van der Waals surface area contributed by atoms with Gasteiger partial charge < -0.3 is 13.4 Å². The van der Waals surface area contributed by atoms with E-state index in [2.05, 4.69) is 83.4 Å². The maximum absolute atomic E-state index is 6.19. The van der Waals surface area contributed by atoms with Crippen molar-refractivity contribution in [2.24, 2.45) is 0 Å². The van der Waals surface area contributed by atoms with Crippen LogP contribution >= 0.6 is 11.3 Å². The Morgan fingerprint density at radius 1 is 0.500 bits per heavy atom. The molecule has 0 spiro atoms. The number of aromatic nitrogens is 3. The lowest BCUT2D eigenvalue weighted by molar-refractivity contribution is 0.619. The molecule has 0 atom stereocenters. The van der Waals surface area contributed by atoms with Gasteiger partial charge in [0.1, 0.15) is 11.0 Å². The molecule has 6 aromatic carbocycles. The SMILES string of the molecule is c1ccc2oc(-c3ccc4c(c3)c3cc(-c5nc6ccccc6o5)ccc3n4-c3cccc4sc5ccccc5c34)nc2c1. The fourth-order valence-corrected chi connectivity index (χ4v) is 7.61. The third-order valence-corrected chi connectivity index (χ3v) is 9.60. The van der Waals surface area contributed by atoms with Crippen LogP contribution in [-0.4, -0.2) is 14.5 Å². The standard InChI is InChI=1S/C38H21N3O2S/c1-6-14-34-24(8-1)36-31(11-7-15-35(36)44-34)41-29-18-16-22(37-39-27-9-2-4-12-32(27)42-37)20-25(29)26-21-23(17-19-30(26)41)38-40-28-10-3-5-13-33(28)43-38/h1-21H. The number of benzene rings is 6. The van der Waals surface area contributed by atoms with Gasteiger partial charge in [0.2, 0.25) is 11.8 Å². The van der Waals surface area contributed by atoms with Crippen LogP contribution in [0.5, 0.6) is 0 Å². The minimum absolute atomic E-state index is 0.607. The second-order valence-corrected chi connectivity index (χ2v) is 12.1. The molecule has 0 saturated carbocycles. The summed E-state index contributed by atoms with van der Waals surface area (Å²) in [5, 5.41) is 4.74. The molecular formula is C38H21N3O2S. The lowest BCUT2D eigenvalue weighted by atomic mass is 10.1. The zero-order valence-electron chi connectivity index (χ0n) is 23.2. The molecule has 10 rings (SSSR count). The summed E-state index contributed by atoms with van der Waals surface area (Å²) in [6.45, 7) is 0. The van der Waals surface area contributed by atoms with Gasteiger partial charge in [0, 0.05) is 42.1 Å². The Bertz CT molecular complexity index is 2550. The number of para-hydroxylation sites is 4. The minimum atomic E-state index is 0.607. The molecule has 0 N–H and O–H groups in total. The third-order valence-electron chi connectivity index (χ3n) is 8.47. The average molecular weight is 584 g/mol. The normalized spacial score (nSPS) is 12.1. The van der Waals surface area contributed by atoms with Gasteiger partial charge in [0.25, 0.3) is 0 Å². The molecule has 0 aliphatic heterocycles. The minimum Gasteiger partial charge on any atom is -0.436 e. The van der Waals surface area contributed by atoms with Gasteiger partial charge in [-0.25, -0.2) is 9.97 Å². The monoisotopic (exact) mass is 583 g/mol. The first-order chi connectivity index (χ1) is 21.8. The van der Waals surface area contributed by atoms with E-state index in [-0.39, 0.29) is 0 Å². The van der Waals surface area contributed by atoms with Crippen LogP contribution in [0.2, 0.25) is 0 Å². The van der Waals surface area contributed by atoms with Crippen LogP contribution in [-0.2, 0) is 0 Å². The summed E-state index contributed by atoms with van der Waals surface area (Å²) >= 11 is 1.83. The molecule has 44 heavy (non-hydrogen) atoms. The molecule has 4 heterocycles. The highest BCUT2D eigenvalue weighted by atomic mass is 32.1. The second kappa shape index (κ2) is 8.89. The molecule has 4 aromatic heterocycles. The van der Waals surface area contributed by atoms with Crippen LogP contribution in [0.4, 0.5) is 0 Å². The molecule has 0 fully saturated rings. The highest BCUT2D eigenvalue weighted by Gasteiger charge is 2.20. The third kappa shape index (κ3) is 3.40. The maximum atomic E-state index is 6.19. The summed E-state index contributed by atoms with van der Waals surface area (Å²) < 4.78 is 17.3. The molecule has 0 aliphatic carbocycles. The van der Waals surface area contributed by atoms with Gasteiger partial charge in [0.05, 0.1) is 16.7 Å². The summed E-state index contributed by atoms with van der Waals surface area (Å²) in [4.78, 5) is 9.59. The summed E-state index contributed by atoms with van der Waals surface area (Å²) in [6.07, 6.45) is 0. The molecule has 0 amide bonds. The van der Waals surface area contributed by atoms with Crippen molar-refractivity contribution in [3.8, 4) is 28.6 Å². The Kier molecular flexibility index (Phi) is 4.81. The van der Waals surface area contributed by atoms with E-state index in [9.17, 15) is 0 Å². The van der Waals surface area contributed by atoms with Crippen molar-refractivity contribution in [3.05, 3.63) is 127 Å². The van der Waals surface area contributed by atoms with Gasteiger partial charge in [-0.2, -0.15) is 0 Å². The van der Waals surface area contributed by atoms with Gasteiger partial charge >= 0.3 is 0 Å². The lowest BCUT2D eigenvalue weighted by Crippen LogP contribution is -1.94. The van der Waals surface area contributed by atoms with E-state index >= 15 is 0 Å². The van der Waals surface area contributed by atoms with E-state index < -0.39 is 0 Å². The molecule has 0 radical (unpaired) electrons. The molecule has 0 unspecified atom stereocenters. The second-order valence-electron chi connectivity index (χ2n) is 11.0. The smallest absolute Gasteiger partial charge is 0.227 e. The zero-order valence-corrected chi connectivity index (χ0v) is 24.0. The van der Waals surface area contributed by atoms with Crippen molar-refractivity contribution in [2.45, 2.75) is 0 Å². The molecule has 0 bridgehead atoms. The molecular weight excluding hydrogens is 563 g/mol. The van der Waals surface area contributed by atoms with Crippen molar-refractivity contribution in [2.75, 3.05) is 0 Å². The van der Waals surface area contributed by atoms with Gasteiger partial charge in [0.15, 0.2) is 11.2 Å². The summed E-state index contributed by atoms with van der Waals surface area (Å²) in [6, 6.07) is 44.0. The number of hydrogen-bond acceptors (Lipinski definition) is 5. The Morgan fingerprint density at radius 2 is 1.07 bits per heavy atom. The lowest BCUT2D eigenvalue weighted by Gasteiger charge is -2.10. The van der Waals surface area contributed by atoms with E-state index in [0.29, 0.717) is 11.8 Å². The van der Waals surface area contributed by atoms with Crippen LogP contribution in [0.15, 0.2) is 136 Å². The maximum Gasteiger partial charge on any atom is 0.227 e. The highest BCUT2D eigenvalue weighted by Crippen LogP contribution is 2.42. The van der Waals surface area contributed by atoms with Gasteiger partial charge in [-0.15, -0.1) is 11.3 Å². The van der Waals surface area contributed by atoms with E-state index in [4.69, 9.17) is 18.8 Å². The Morgan fingerprint density at radius 3 is 1.70 bits per heavy atom. The van der Waals surface area contributed by atoms with Crippen LogP contribution in [0.25, 0.3) is 92.8 Å². The predicted octanol–water partition coefficient (Wildman–Crippen LogP) is 10.8. The Hall–Kier alpha value is -5.72. The van der Waals surface area contributed by atoms with Gasteiger partial charge in [-0.05, 0) is 78.9 Å². The van der Waals surface area contributed by atoms with Crippen LogP contribution in [0.3, 0.4) is 0 Å². The van der Waals surface area contributed by atoms with Crippen molar-refractivity contribution in [1.82, 2.24) is 14.5 Å². The fourth-order valence-electron chi connectivity index (χ4n) is 6.48. The van der Waals surface area contributed by atoms with Gasteiger partial charge in [-0.3, -0.25) is 0 Å². The summed E-state index contributed by atoms with van der Waals surface area (Å²) in [7, 11) is 0. The van der Waals surface area contributed by atoms with Crippen molar-refractivity contribution in [3.63, 3.8) is 0 Å².